The number of carbonyl (C=O) groups excluding carboxylic acids is 1. The van der Waals surface area contributed by atoms with Gasteiger partial charge < -0.3 is 15.4 Å². The van der Waals surface area contributed by atoms with Crippen LogP contribution in [-0.4, -0.2) is 56.7 Å². The molecule has 0 aromatic heterocycles. The summed E-state index contributed by atoms with van der Waals surface area (Å²) in [6.07, 6.45) is 0. The molecular weight excluding hydrogens is 290 g/mol. The van der Waals surface area contributed by atoms with Crippen LogP contribution in [0.3, 0.4) is 0 Å². The highest BCUT2D eigenvalue weighted by Gasteiger charge is 2.10. The lowest BCUT2D eigenvalue weighted by Gasteiger charge is -2.27. The first-order chi connectivity index (χ1) is 9.79. The molecule has 1 aliphatic heterocycles. The van der Waals surface area contributed by atoms with E-state index in [1.165, 1.54) is 0 Å². The van der Waals surface area contributed by atoms with Gasteiger partial charge in [-0.2, -0.15) is 0 Å². The van der Waals surface area contributed by atoms with Crippen molar-refractivity contribution in [2.75, 3.05) is 45.9 Å². The molecule has 1 fully saturated rings. The van der Waals surface area contributed by atoms with Crippen LogP contribution in [0.15, 0.2) is 24.3 Å². The van der Waals surface area contributed by atoms with E-state index in [4.69, 9.17) is 4.74 Å². The van der Waals surface area contributed by atoms with Gasteiger partial charge in [-0.3, -0.25) is 9.69 Å². The summed E-state index contributed by atoms with van der Waals surface area (Å²) in [6, 6.07) is 7.30. The fraction of sp³-hybridized carbons (Fsp3) is 0.533. The summed E-state index contributed by atoms with van der Waals surface area (Å²) < 4.78 is 5.40. The van der Waals surface area contributed by atoms with Crippen LogP contribution in [-0.2, 0) is 0 Å². The first-order valence-electron chi connectivity index (χ1n) is 7.23. The summed E-state index contributed by atoms with van der Waals surface area (Å²) in [5.41, 5.74) is 0.649. The van der Waals surface area contributed by atoms with Crippen molar-refractivity contribution >= 4 is 18.3 Å². The van der Waals surface area contributed by atoms with Crippen LogP contribution in [0, 0.1) is 0 Å². The lowest BCUT2D eigenvalue weighted by atomic mass is 10.2. The first-order valence-corrected chi connectivity index (χ1v) is 7.23. The topological polar surface area (TPSA) is 53.6 Å². The summed E-state index contributed by atoms with van der Waals surface area (Å²) in [5, 5.41) is 6.27. The number of ether oxygens (including phenoxy) is 1. The van der Waals surface area contributed by atoms with Crippen molar-refractivity contribution in [1.82, 2.24) is 15.5 Å². The van der Waals surface area contributed by atoms with Gasteiger partial charge in [0.1, 0.15) is 5.75 Å². The van der Waals surface area contributed by atoms with Gasteiger partial charge in [0.15, 0.2) is 0 Å². The smallest absolute Gasteiger partial charge is 0.251 e. The number of benzene rings is 1. The van der Waals surface area contributed by atoms with Crippen LogP contribution in [0.4, 0.5) is 0 Å². The third-order valence-electron chi connectivity index (χ3n) is 3.33. The standard InChI is InChI=1S/C15H23N3O2.ClH/c1-2-20-14-5-3-4-13(12-14)15(19)17-8-11-18-9-6-16-7-10-18;/h3-5,12,16H,2,6-11H2,1H3,(H,17,19);1H. The molecule has 1 heterocycles. The predicted molar refractivity (Wildman–Crippen MR) is 86.5 cm³/mol. The maximum atomic E-state index is 12.0. The van der Waals surface area contributed by atoms with Crippen LogP contribution in [0.5, 0.6) is 5.75 Å². The molecule has 0 bridgehead atoms. The lowest BCUT2D eigenvalue weighted by Crippen LogP contribution is -2.46. The fourth-order valence-corrected chi connectivity index (χ4v) is 2.26. The predicted octanol–water partition coefficient (Wildman–Crippen LogP) is 1.14. The molecule has 1 saturated heterocycles. The first kappa shape index (κ1) is 17.8. The van der Waals surface area contributed by atoms with Crippen LogP contribution in [0.1, 0.15) is 17.3 Å². The van der Waals surface area contributed by atoms with Crippen molar-refractivity contribution in [1.29, 1.82) is 0 Å². The van der Waals surface area contributed by atoms with Crippen LogP contribution < -0.4 is 15.4 Å². The number of rotatable bonds is 6. The highest BCUT2D eigenvalue weighted by atomic mass is 35.5. The Bertz CT molecular complexity index is 437. The molecule has 0 aliphatic carbocycles. The van der Waals surface area contributed by atoms with Gasteiger partial charge in [-0.05, 0) is 25.1 Å². The SMILES string of the molecule is CCOc1cccc(C(=O)NCCN2CCNCC2)c1.Cl. The highest BCUT2D eigenvalue weighted by molar-refractivity contribution is 5.94. The Kier molecular flexibility index (Phi) is 8.12. The molecular formula is C15H24ClN3O2. The monoisotopic (exact) mass is 313 g/mol. The summed E-state index contributed by atoms with van der Waals surface area (Å²) in [6.45, 7) is 8.28. The van der Waals surface area contributed by atoms with Crippen LogP contribution in [0.25, 0.3) is 0 Å². The second-order valence-corrected chi connectivity index (χ2v) is 4.81. The molecule has 1 aliphatic rings. The zero-order chi connectivity index (χ0) is 14.2. The third-order valence-corrected chi connectivity index (χ3v) is 3.33. The van der Waals surface area contributed by atoms with Gasteiger partial charge in [0.05, 0.1) is 6.61 Å². The Morgan fingerprint density at radius 2 is 2.14 bits per heavy atom. The number of amides is 1. The Labute approximate surface area is 132 Å². The van der Waals surface area contributed by atoms with E-state index in [9.17, 15) is 4.79 Å². The van der Waals surface area contributed by atoms with Gasteiger partial charge >= 0.3 is 0 Å². The van der Waals surface area contributed by atoms with E-state index >= 15 is 0 Å². The number of halogens is 1. The van der Waals surface area contributed by atoms with Crippen molar-refractivity contribution in [3.05, 3.63) is 29.8 Å². The van der Waals surface area contributed by atoms with Gasteiger partial charge in [0, 0.05) is 44.8 Å². The van der Waals surface area contributed by atoms with E-state index in [0.29, 0.717) is 18.7 Å². The number of hydrogen-bond acceptors (Lipinski definition) is 4. The van der Waals surface area contributed by atoms with Crippen LogP contribution >= 0.6 is 12.4 Å². The maximum absolute atomic E-state index is 12.0. The zero-order valence-electron chi connectivity index (χ0n) is 12.4. The summed E-state index contributed by atoms with van der Waals surface area (Å²) >= 11 is 0. The highest BCUT2D eigenvalue weighted by Crippen LogP contribution is 2.12. The molecule has 1 aromatic carbocycles. The minimum atomic E-state index is -0.0401. The Morgan fingerprint density at radius 3 is 2.86 bits per heavy atom. The van der Waals surface area contributed by atoms with E-state index in [-0.39, 0.29) is 18.3 Å². The maximum Gasteiger partial charge on any atom is 0.251 e. The molecule has 0 unspecified atom stereocenters. The molecule has 1 aromatic rings. The minimum Gasteiger partial charge on any atom is -0.494 e. The lowest BCUT2D eigenvalue weighted by molar-refractivity contribution is 0.0947. The average molecular weight is 314 g/mol. The third kappa shape index (κ3) is 5.91. The quantitative estimate of drug-likeness (QED) is 0.827. The Balaban J connectivity index is 0.00000220. The van der Waals surface area contributed by atoms with Gasteiger partial charge in [0.2, 0.25) is 0 Å². The van der Waals surface area contributed by atoms with Crippen LogP contribution in [0.2, 0.25) is 0 Å². The molecule has 0 radical (unpaired) electrons. The normalized spacial score (nSPS) is 15.1. The molecule has 118 valence electrons. The number of nitrogens with zero attached hydrogens (tertiary/aromatic N) is 1. The molecule has 0 atom stereocenters. The summed E-state index contributed by atoms with van der Waals surface area (Å²) in [5.74, 6) is 0.698. The molecule has 2 rings (SSSR count). The molecule has 1 amide bonds. The molecule has 5 nitrogen and oxygen atoms in total. The van der Waals surface area contributed by atoms with Crippen molar-refractivity contribution in [2.45, 2.75) is 6.92 Å². The Hall–Kier alpha value is -1.30. The van der Waals surface area contributed by atoms with E-state index in [1.807, 2.05) is 25.1 Å². The summed E-state index contributed by atoms with van der Waals surface area (Å²) in [7, 11) is 0. The fourth-order valence-electron chi connectivity index (χ4n) is 2.26. The number of hydrogen-bond donors (Lipinski definition) is 2. The second-order valence-electron chi connectivity index (χ2n) is 4.81. The van der Waals surface area contributed by atoms with Crippen molar-refractivity contribution < 1.29 is 9.53 Å². The number of piperazine rings is 1. The zero-order valence-corrected chi connectivity index (χ0v) is 13.2. The number of carbonyl (C=O) groups is 1. The van der Waals surface area contributed by atoms with E-state index in [0.717, 1.165) is 38.5 Å². The van der Waals surface area contributed by atoms with Crippen molar-refractivity contribution in [3.63, 3.8) is 0 Å². The van der Waals surface area contributed by atoms with Gasteiger partial charge in [-0.25, -0.2) is 0 Å². The minimum absolute atomic E-state index is 0. The molecule has 2 N–H and O–H groups in total. The molecule has 21 heavy (non-hydrogen) atoms. The average Bonchev–Trinajstić information content (AvgIpc) is 2.49. The van der Waals surface area contributed by atoms with E-state index in [1.54, 1.807) is 6.07 Å². The molecule has 6 heteroatoms. The molecule has 0 spiro atoms. The number of nitrogens with one attached hydrogen (secondary N) is 2. The largest absolute Gasteiger partial charge is 0.494 e. The van der Waals surface area contributed by atoms with Gasteiger partial charge in [0.25, 0.3) is 5.91 Å². The van der Waals surface area contributed by atoms with Gasteiger partial charge in [-0.15, -0.1) is 12.4 Å². The van der Waals surface area contributed by atoms with Crippen molar-refractivity contribution in [2.24, 2.45) is 0 Å². The van der Waals surface area contributed by atoms with Crippen molar-refractivity contribution in [3.8, 4) is 5.75 Å². The van der Waals surface area contributed by atoms with E-state index in [2.05, 4.69) is 15.5 Å². The molecule has 0 saturated carbocycles. The second kappa shape index (κ2) is 9.60. The van der Waals surface area contributed by atoms with Gasteiger partial charge in [-0.1, -0.05) is 6.07 Å². The summed E-state index contributed by atoms with van der Waals surface area (Å²) in [4.78, 5) is 14.4. The van der Waals surface area contributed by atoms with E-state index < -0.39 is 0 Å². The Morgan fingerprint density at radius 1 is 1.38 bits per heavy atom.